The Balaban J connectivity index is 2.49. The van der Waals surface area contributed by atoms with Gasteiger partial charge < -0.3 is 5.73 Å². The van der Waals surface area contributed by atoms with Crippen LogP contribution < -0.4 is 5.73 Å². The third kappa shape index (κ3) is 2.98. The standard InChI is InChI=1S/C14H16F2N2S/c1-8(2)6-11-12(7-17)19-14(18-11)13-9(15)4-3-5-10(13)16/h3-5,8H,6-7,17H2,1-2H3. The van der Waals surface area contributed by atoms with Crippen LogP contribution in [0.3, 0.4) is 0 Å². The highest BCUT2D eigenvalue weighted by Gasteiger charge is 2.18. The van der Waals surface area contributed by atoms with Crippen molar-refractivity contribution in [3.05, 3.63) is 40.4 Å². The first-order valence-electron chi connectivity index (χ1n) is 6.16. The third-order valence-electron chi connectivity index (χ3n) is 2.74. The Morgan fingerprint density at radius 1 is 1.26 bits per heavy atom. The summed E-state index contributed by atoms with van der Waals surface area (Å²) in [5.74, 6) is -0.757. The van der Waals surface area contributed by atoms with Gasteiger partial charge >= 0.3 is 0 Å². The van der Waals surface area contributed by atoms with Gasteiger partial charge in [0.2, 0.25) is 0 Å². The zero-order valence-corrected chi connectivity index (χ0v) is 11.7. The molecule has 0 saturated carbocycles. The number of hydrogen-bond donors (Lipinski definition) is 1. The minimum absolute atomic E-state index is 0.0581. The summed E-state index contributed by atoms with van der Waals surface area (Å²) in [4.78, 5) is 5.27. The molecular formula is C14H16F2N2S. The van der Waals surface area contributed by atoms with E-state index in [2.05, 4.69) is 18.8 Å². The lowest BCUT2D eigenvalue weighted by atomic mass is 10.1. The molecule has 0 fully saturated rings. The lowest BCUT2D eigenvalue weighted by Gasteiger charge is -2.02. The summed E-state index contributed by atoms with van der Waals surface area (Å²) in [5.41, 5.74) is 6.47. The summed E-state index contributed by atoms with van der Waals surface area (Å²) in [6, 6.07) is 3.83. The number of rotatable bonds is 4. The molecule has 2 rings (SSSR count). The van der Waals surface area contributed by atoms with Crippen molar-refractivity contribution in [3.8, 4) is 10.6 Å². The monoisotopic (exact) mass is 282 g/mol. The second kappa shape index (κ2) is 5.75. The van der Waals surface area contributed by atoms with E-state index in [-0.39, 0.29) is 5.56 Å². The van der Waals surface area contributed by atoms with Gasteiger partial charge in [-0.25, -0.2) is 13.8 Å². The van der Waals surface area contributed by atoms with Crippen LogP contribution in [0.2, 0.25) is 0 Å². The molecule has 1 heterocycles. The Bertz CT molecular complexity index is 559. The highest BCUT2D eigenvalue weighted by molar-refractivity contribution is 7.15. The van der Waals surface area contributed by atoms with Crippen molar-refractivity contribution in [1.82, 2.24) is 4.98 Å². The maximum Gasteiger partial charge on any atom is 0.136 e. The number of nitrogens with two attached hydrogens (primary N) is 1. The summed E-state index contributed by atoms with van der Waals surface area (Å²) in [6.07, 6.45) is 0.763. The maximum atomic E-state index is 13.7. The van der Waals surface area contributed by atoms with Gasteiger partial charge in [-0.1, -0.05) is 19.9 Å². The van der Waals surface area contributed by atoms with E-state index in [0.717, 1.165) is 17.0 Å². The van der Waals surface area contributed by atoms with Crippen molar-refractivity contribution in [1.29, 1.82) is 0 Å². The van der Waals surface area contributed by atoms with E-state index in [1.54, 1.807) is 0 Å². The fourth-order valence-electron chi connectivity index (χ4n) is 1.90. The third-order valence-corrected chi connectivity index (χ3v) is 3.88. The number of halogens is 2. The summed E-state index contributed by atoms with van der Waals surface area (Å²) in [7, 11) is 0. The van der Waals surface area contributed by atoms with E-state index >= 15 is 0 Å². The van der Waals surface area contributed by atoms with Gasteiger partial charge in [0.1, 0.15) is 16.6 Å². The van der Waals surface area contributed by atoms with E-state index in [9.17, 15) is 8.78 Å². The molecule has 0 unspecified atom stereocenters. The Kier molecular flexibility index (Phi) is 4.27. The Morgan fingerprint density at radius 2 is 1.89 bits per heavy atom. The normalized spacial score (nSPS) is 11.3. The molecule has 1 aromatic carbocycles. The zero-order valence-electron chi connectivity index (χ0n) is 10.9. The minimum atomic E-state index is -0.589. The van der Waals surface area contributed by atoms with Crippen molar-refractivity contribution in [2.45, 2.75) is 26.8 Å². The highest BCUT2D eigenvalue weighted by Crippen LogP contribution is 2.32. The number of aromatic nitrogens is 1. The first kappa shape index (κ1) is 14.1. The van der Waals surface area contributed by atoms with E-state index in [0.29, 0.717) is 17.5 Å². The topological polar surface area (TPSA) is 38.9 Å². The quantitative estimate of drug-likeness (QED) is 0.927. The van der Waals surface area contributed by atoms with Crippen molar-refractivity contribution < 1.29 is 8.78 Å². The van der Waals surface area contributed by atoms with Crippen LogP contribution in [0.1, 0.15) is 24.4 Å². The van der Waals surface area contributed by atoms with E-state index in [1.807, 2.05) is 0 Å². The van der Waals surface area contributed by atoms with Gasteiger partial charge in [0.05, 0.1) is 11.3 Å². The predicted molar refractivity (Wildman–Crippen MR) is 73.9 cm³/mol. The van der Waals surface area contributed by atoms with Crippen LogP contribution in [-0.4, -0.2) is 4.98 Å². The van der Waals surface area contributed by atoms with Crippen molar-refractivity contribution in [3.63, 3.8) is 0 Å². The Labute approximate surface area is 115 Å². The van der Waals surface area contributed by atoms with Gasteiger partial charge in [0, 0.05) is 11.4 Å². The predicted octanol–water partition coefficient (Wildman–Crippen LogP) is 3.75. The largest absolute Gasteiger partial charge is 0.326 e. The van der Waals surface area contributed by atoms with Crippen LogP contribution in [0.5, 0.6) is 0 Å². The lowest BCUT2D eigenvalue weighted by molar-refractivity contribution is 0.589. The van der Waals surface area contributed by atoms with Crippen molar-refractivity contribution in [2.24, 2.45) is 11.7 Å². The molecule has 0 aliphatic rings. The molecule has 2 aromatic rings. The number of hydrogen-bond acceptors (Lipinski definition) is 3. The van der Waals surface area contributed by atoms with Crippen molar-refractivity contribution >= 4 is 11.3 Å². The van der Waals surface area contributed by atoms with Crippen molar-refractivity contribution in [2.75, 3.05) is 0 Å². The van der Waals surface area contributed by atoms with Crippen LogP contribution in [0.15, 0.2) is 18.2 Å². The SMILES string of the molecule is CC(C)Cc1nc(-c2c(F)cccc2F)sc1CN. The van der Waals surface area contributed by atoms with Gasteiger partial charge in [-0.05, 0) is 24.5 Å². The maximum absolute atomic E-state index is 13.7. The molecule has 0 radical (unpaired) electrons. The summed E-state index contributed by atoms with van der Waals surface area (Å²) in [5, 5.41) is 0.367. The fourth-order valence-corrected chi connectivity index (χ4v) is 2.91. The molecule has 2 nitrogen and oxygen atoms in total. The van der Waals surface area contributed by atoms with Gasteiger partial charge in [0.15, 0.2) is 0 Å². The Hall–Kier alpha value is -1.33. The fraction of sp³-hybridized carbons (Fsp3) is 0.357. The van der Waals surface area contributed by atoms with Gasteiger partial charge in [0.25, 0.3) is 0 Å². The van der Waals surface area contributed by atoms with Gasteiger partial charge in [-0.2, -0.15) is 0 Å². The number of benzene rings is 1. The van der Waals surface area contributed by atoms with E-state index in [1.165, 1.54) is 29.5 Å². The van der Waals surface area contributed by atoms with Crippen LogP contribution >= 0.6 is 11.3 Å². The minimum Gasteiger partial charge on any atom is -0.326 e. The molecule has 0 bridgehead atoms. The van der Waals surface area contributed by atoms with E-state index in [4.69, 9.17) is 5.73 Å². The molecule has 0 atom stereocenters. The van der Waals surface area contributed by atoms with Crippen LogP contribution in [-0.2, 0) is 13.0 Å². The summed E-state index contributed by atoms with van der Waals surface area (Å²) < 4.78 is 27.5. The van der Waals surface area contributed by atoms with E-state index < -0.39 is 11.6 Å². The summed E-state index contributed by atoms with van der Waals surface area (Å²) in [6.45, 7) is 4.49. The molecule has 2 N–H and O–H groups in total. The van der Waals surface area contributed by atoms with Crippen LogP contribution in [0.4, 0.5) is 8.78 Å². The molecule has 0 saturated heterocycles. The zero-order chi connectivity index (χ0) is 14.0. The van der Waals surface area contributed by atoms with Crippen LogP contribution in [0, 0.1) is 17.6 Å². The first-order valence-corrected chi connectivity index (χ1v) is 6.97. The molecular weight excluding hydrogens is 266 g/mol. The van der Waals surface area contributed by atoms with Gasteiger partial charge in [-0.15, -0.1) is 11.3 Å². The Morgan fingerprint density at radius 3 is 2.42 bits per heavy atom. The van der Waals surface area contributed by atoms with Gasteiger partial charge in [-0.3, -0.25) is 0 Å². The molecule has 19 heavy (non-hydrogen) atoms. The molecule has 0 aliphatic heterocycles. The molecule has 0 spiro atoms. The second-order valence-electron chi connectivity index (χ2n) is 4.79. The number of thiazole rings is 1. The molecule has 1 aromatic heterocycles. The number of nitrogens with zero attached hydrogens (tertiary/aromatic N) is 1. The molecule has 102 valence electrons. The lowest BCUT2D eigenvalue weighted by Crippen LogP contribution is -2.02. The van der Waals surface area contributed by atoms with Crippen LogP contribution in [0.25, 0.3) is 10.6 Å². The smallest absolute Gasteiger partial charge is 0.136 e. The summed E-state index contributed by atoms with van der Waals surface area (Å²) >= 11 is 1.27. The average molecular weight is 282 g/mol. The molecule has 0 aliphatic carbocycles. The average Bonchev–Trinajstić information content (AvgIpc) is 2.71. The first-order chi connectivity index (χ1) is 9.02. The second-order valence-corrected chi connectivity index (χ2v) is 5.87. The molecule has 0 amide bonds. The molecule has 5 heteroatoms. The highest BCUT2D eigenvalue weighted by atomic mass is 32.1.